The molecular weight excluding hydrogens is 303 g/mol. The first-order valence-corrected chi connectivity index (χ1v) is 7.81. The van der Waals surface area contributed by atoms with Crippen LogP contribution in [0, 0.1) is 5.41 Å². The van der Waals surface area contributed by atoms with Crippen molar-refractivity contribution in [1.82, 2.24) is 0 Å². The van der Waals surface area contributed by atoms with E-state index < -0.39 is 9.84 Å². The van der Waals surface area contributed by atoms with E-state index in [1.165, 1.54) is 0 Å². The molecule has 3 nitrogen and oxygen atoms in total. The molecule has 0 aromatic carbocycles. The molecule has 1 spiro atoms. The Morgan fingerprint density at radius 2 is 2.23 bits per heavy atom. The molecule has 0 aliphatic carbocycles. The number of alkyl halides is 1. The van der Waals surface area contributed by atoms with Crippen molar-refractivity contribution in [2.75, 3.05) is 22.5 Å². The third-order valence-electron chi connectivity index (χ3n) is 3.16. The quantitative estimate of drug-likeness (QED) is 0.536. The van der Waals surface area contributed by atoms with Crippen LogP contribution < -0.4 is 0 Å². The summed E-state index contributed by atoms with van der Waals surface area (Å²) < 4.78 is 29.3. The third kappa shape index (κ3) is 1.74. The average Bonchev–Trinajstić information content (AvgIpc) is 2.57. The fraction of sp³-hybridized carbons (Fsp3) is 1.00. The molecule has 0 bridgehead atoms. The van der Waals surface area contributed by atoms with E-state index in [4.69, 9.17) is 4.74 Å². The highest BCUT2D eigenvalue weighted by atomic mass is 127. The summed E-state index contributed by atoms with van der Waals surface area (Å²) in [5.41, 5.74) is -0.0278. The van der Waals surface area contributed by atoms with Gasteiger partial charge in [-0.15, -0.1) is 0 Å². The highest BCUT2D eigenvalue weighted by molar-refractivity contribution is 14.1. The van der Waals surface area contributed by atoms with Crippen LogP contribution in [0.1, 0.15) is 12.8 Å². The molecule has 0 N–H and O–H groups in total. The maximum Gasteiger partial charge on any atom is 0.150 e. The lowest BCUT2D eigenvalue weighted by Crippen LogP contribution is -2.33. The van der Waals surface area contributed by atoms with Gasteiger partial charge in [0.1, 0.15) is 0 Å². The van der Waals surface area contributed by atoms with Crippen LogP contribution >= 0.6 is 22.6 Å². The second-order valence-electron chi connectivity index (χ2n) is 3.97. The van der Waals surface area contributed by atoms with E-state index in [1.54, 1.807) is 0 Å². The van der Waals surface area contributed by atoms with Gasteiger partial charge in [-0.25, -0.2) is 8.42 Å². The van der Waals surface area contributed by atoms with Crippen LogP contribution in [0.3, 0.4) is 0 Å². The monoisotopic (exact) mass is 316 g/mol. The summed E-state index contributed by atoms with van der Waals surface area (Å²) in [5.74, 6) is 0.719. The van der Waals surface area contributed by atoms with Crippen molar-refractivity contribution in [2.45, 2.75) is 18.9 Å². The van der Waals surface area contributed by atoms with Gasteiger partial charge in [0.25, 0.3) is 0 Å². The smallest absolute Gasteiger partial charge is 0.150 e. The first-order valence-electron chi connectivity index (χ1n) is 4.46. The Morgan fingerprint density at radius 1 is 1.46 bits per heavy atom. The van der Waals surface area contributed by atoms with Gasteiger partial charge in [0.2, 0.25) is 0 Å². The summed E-state index contributed by atoms with van der Waals surface area (Å²) >= 11 is 2.28. The second-order valence-corrected chi connectivity index (χ2v) is 7.03. The minimum Gasteiger partial charge on any atom is -0.377 e. The molecule has 2 atom stereocenters. The number of hydrogen-bond acceptors (Lipinski definition) is 3. The van der Waals surface area contributed by atoms with Gasteiger partial charge in [0.15, 0.2) is 9.84 Å². The normalized spacial score (nSPS) is 43.0. The van der Waals surface area contributed by atoms with Crippen LogP contribution in [0.25, 0.3) is 0 Å². The molecule has 2 fully saturated rings. The number of hydrogen-bond donors (Lipinski definition) is 0. The molecule has 2 heterocycles. The Balaban J connectivity index is 2.22. The lowest BCUT2D eigenvalue weighted by atomic mass is 9.81. The first-order chi connectivity index (χ1) is 6.08. The molecule has 2 aliphatic heterocycles. The van der Waals surface area contributed by atoms with Crippen molar-refractivity contribution in [1.29, 1.82) is 0 Å². The summed E-state index contributed by atoms with van der Waals surface area (Å²) in [4.78, 5) is 0. The van der Waals surface area contributed by atoms with E-state index in [-0.39, 0.29) is 11.5 Å². The van der Waals surface area contributed by atoms with Crippen molar-refractivity contribution in [2.24, 2.45) is 5.41 Å². The number of ether oxygens (including phenoxy) is 1. The van der Waals surface area contributed by atoms with Crippen molar-refractivity contribution in [3.05, 3.63) is 0 Å². The summed E-state index contributed by atoms with van der Waals surface area (Å²) in [6.45, 7) is 0.739. The number of sulfone groups is 1. The van der Waals surface area contributed by atoms with Gasteiger partial charge < -0.3 is 4.74 Å². The zero-order valence-electron chi connectivity index (χ0n) is 7.33. The van der Waals surface area contributed by atoms with Crippen LogP contribution in [-0.2, 0) is 14.6 Å². The van der Waals surface area contributed by atoms with E-state index in [2.05, 4.69) is 22.6 Å². The van der Waals surface area contributed by atoms with Gasteiger partial charge >= 0.3 is 0 Å². The zero-order valence-corrected chi connectivity index (χ0v) is 10.3. The van der Waals surface area contributed by atoms with Crippen molar-refractivity contribution >= 4 is 32.4 Å². The molecule has 2 rings (SSSR count). The van der Waals surface area contributed by atoms with E-state index in [0.717, 1.165) is 23.9 Å². The molecule has 13 heavy (non-hydrogen) atoms. The summed E-state index contributed by atoms with van der Waals surface area (Å²) in [5, 5.41) is 0. The molecule has 76 valence electrons. The minimum atomic E-state index is -2.76. The Morgan fingerprint density at radius 3 is 2.77 bits per heavy atom. The van der Waals surface area contributed by atoms with Gasteiger partial charge in [0.05, 0.1) is 17.6 Å². The molecule has 0 aromatic rings. The van der Waals surface area contributed by atoms with E-state index in [1.807, 2.05) is 0 Å². The lowest BCUT2D eigenvalue weighted by molar-refractivity contribution is 0.0812. The van der Waals surface area contributed by atoms with Crippen LogP contribution in [0.15, 0.2) is 0 Å². The first kappa shape index (κ1) is 10.2. The highest BCUT2D eigenvalue weighted by Crippen LogP contribution is 2.44. The van der Waals surface area contributed by atoms with Crippen molar-refractivity contribution in [3.63, 3.8) is 0 Å². The standard InChI is InChI=1S/C8H13IO3S/c9-5-7-8(1-3-12-7)2-4-13(10,11)6-8/h7H,1-6H2. The van der Waals surface area contributed by atoms with Crippen LogP contribution in [-0.4, -0.2) is 37.1 Å². The fourth-order valence-electron chi connectivity index (χ4n) is 2.34. The minimum absolute atomic E-state index is 0.0278. The van der Waals surface area contributed by atoms with E-state index >= 15 is 0 Å². The molecule has 2 aliphatic rings. The summed E-state index contributed by atoms with van der Waals surface area (Å²) in [7, 11) is -2.76. The van der Waals surface area contributed by atoms with Gasteiger partial charge in [-0.3, -0.25) is 0 Å². The third-order valence-corrected chi connectivity index (χ3v) is 5.80. The topological polar surface area (TPSA) is 43.4 Å². The molecule has 2 saturated heterocycles. The summed E-state index contributed by atoms with van der Waals surface area (Å²) in [6.07, 6.45) is 1.91. The Hall–Kier alpha value is 0.640. The van der Waals surface area contributed by atoms with Crippen molar-refractivity contribution in [3.8, 4) is 0 Å². The average molecular weight is 316 g/mol. The van der Waals surface area contributed by atoms with Crippen LogP contribution in [0.2, 0.25) is 0 Å². The molecule has 0 radical (unpaired) electrons. The molecular formula is C8H13IO3S. The Bertz CT molecular complexity index is 301. The maximum atomic E-state index is 11.4. The Kier molecular flexibility index (Phi) is 2.61. The predicted octanol–water partition coefficient (Wildman–Crippen LogP) is 1.02. The number of rotatable bonds is 1. The van der Waals surface area contributed by atoms with Crippen molar-refractivity contribution < 1.29 is 13.2 Å². The van der Waals surface area contributed by atoms with E-state index in [9.17, 15) is 8.42 Å². The molecule has 0 saturated carbocycles. The predicted molar refractivity (Wildman–Crippen MR) is 58.9 cm³/mol. The fourth-order valence-corrected chi connectivity index (χ4v) is 5.74. The molecule has 5 heteroatoms. The van der Waals surface area contributed by atoms with Gasteiger partial charge in [0, 0.05) is 16.4 Å². The Labute approximate surface area is 92.3 Å². The largest absolute Gasteiger partial charge is 0.377 e. The second kappa shape index (κ2) is 3.34. The zero-order chi connectivity index (χ0) is 9.53. The van der Waals surface area contributed by atoms with Crippen LogP contribution in [0.5, 0.6) is 0 Å². The van der Waals surface area contributed by atoms with Gasteiger partial charge in [-0.05, 0) is 12.8 Å². The SMILES string of the molecule is O=S1(=O)CCC2(CCOC2CI)C1. The highest BCUT2D eigenvalue weighted by Gasteiger charge is 2.50. The van der Waals surface area contributed by atoms with Crippen LogP contribution in [0.4, 0.5) is 0 Å². The molecule has 2 unspecified atom stereocenters. The van der Waals surface area contributed by atoms with Gasteiger partial charge in [-0.1, -0.05) is 22.6 Å². The molecule has 0 amide bonds. The summed E-state index contributed by atoms with van der Waals surface area (Å²) in [6, 6.07) is 0. The maximum absolute atomic E-state index is 11.4. The number of halogens is 1. The van der Waals surface area contributed by atoms with E-state index in [0.29, 0.717) is 11.5 Å². The van der Waals surface area contributed by atoms with Gasteiger partial charge in [-0.2, -0.15) is 0 Å². The lowest BCUT2D eigenvalue weighted by Gasteiger charge is -2.26. The molecule has 0 aromatic heterocycles.